The van der Waals surface area contributed by atoms with Gasteiger partial charge in [0.2, 0.25) is 0 Å². The van der Waals surface area contributed by atoms with Crippen LogP contribution in [-0.2, 0) is 13.1 Å². The summed E-state index contributed by atoms with van der Waals surface area (Å²) in [4.78, 5) is 22.7. The van der Waals surface area contributed by atoms with Crippen LogP contribution in [0.15, 0.2) is 79.3 Å². The summed E-state index contributed by atoms with van der Waals surface area (Å²) in [6, 6.07) is 22.7. The molecule has 1 aromatic heterocycles. The molecule has 0 aliphatic carbocycles. The third-order valence-corrected chi connectivity index (χ3v) is 7.48. The molecule has 3 aromatic carbocycles. The number of unbranched alkanes of at least 4 members (excludes halogenated alkanes) is 1. The molecule has 37 heavy (non-hydrogen) atoms. The fourth-order valence-electron chi connectivity index (χ4n) is 5.34. The molecule has 2 heterocycles. The van der Waals surface area contributed by atoms with E-state index in [2.05, 4.69) is 56.6 Å². The number of rotatable bonds is 9. The highest BCUT2D eigenvalue weighted by atomic mass is 16.5. The second-order valence-corrected chi connectivity index (χ2v) is 9.91. The first-order valence-electron chi connectivity index (χ1n) is 13.3. The minimum Gasteiger partial charge on any atom is -0.497 e. The molecule has 1 aliphatic rings. The molecule has 0 bridgehead atoms. The molecule has 6 nitrogen and oxygen atoms in total. The number of amides is 1. The monoisotopic (exact) mass is 496 g/mol. The molecule has 1 atom stereocenters. The molecule has 0 saturated carbocycles. The lowest BCUT2D eigenvalue weighted by atomic mass is 10.0. The number of piperazine rings is 1. The Kier molecular flexibility index (Phi) is 7.85. The summed E-state index contributed by atoms with van der Waals surface area (Å²) in [5, 5.41) is 2.14. The first kappa shape index (κ1) is 25.0. The number of nitrogens with zero attached hydrogens (tertiary/aromatic N) is 4. The zero-order chi connectivity index (χ0) is 25.6. The Hall–Kier alpha value is -3.64. The predicted molar refractivity (Wildman–Crippen MR) is 148 cm³/mol. The molecule has 1 aliphatic heterocycles. The summed E-state index contributed by atoms with van der Waals surface area (Å²) in [5.41, 5.74) is 3.22. The van der Waals surface area contributed by atoms with Gasteiger partial charge < -0.3 is 14.2 Å². The second kappa shape index (κ2) is 11.6. The molecule has 6 heteroatoms. The molecule has 0 unspecified atom stereocenters. The first-order chi connectivity index (χ1) is 18.2. The Labute approximate surface area is 219 Å². The fraction of sp³-hybridized carbons (Fsp3) is 0.355. The van der Waals surface area contributed by atoms with E-state index < -0.39 is 0 Å². The van der Waals surface area contributed by atoms with Crippen LogP contribution in [-0.4, -0.2) is 58.0 Å². The van der Waals surface area contributed by atoms with Gasteiger partial charge >= 0.3 is 0 Å². The number of carbonyl (C=O) groups is 1. The third kappa shape index (κ3) is 5.70. The van der Waals surface area contributed by atoms with Gasteiger partial charge in [-0.2, -0.15) is 0 Å². The zero-order valence-electron chi connectivity index (χ0n) is 21.8. The Bertz CT molecular complexity index is 1330. The highest BCUT2D eigenvalue weighted by Crippen LogP contribution is 2.24. The van der Waals surface area contributed by atoms with E-state index in [-0.39, 0.29) is 5.91 Å². The SMILES string of the molecule is CCCC[C@H]1CN(C(=O)c2cccc3ccccc23)CCN1Cc1cncn1Cc1ccc(OC)cc1. The van der Waals surface area contributed by atoms with Gasteiger partial charge in [0.15, 0.2) is 0 Å². The molecule has 0 spiro atoms. The molecule has 0 N–H and O–H groups in total. The van der Waals surface area contributed by atoms with Crippen molar-refractivity contribution in [2.45, 2.75) is 45.3 Å². The number of hydrogen-bond acceptors (Lipinski definition) is 4. The smallest absolute Gasteiger partial charge is 0.254 e. The maximum atomic E-state index is 13.6. The van der Waals surface area contributed by atoms with E-state index in [1.165, 1.54) is 11.3 Å². The average Bonchev–Trinajstić information content (AvgIpc) is 3.38. The van der Waals surface area contributed by atoms with Crippen molar-refractivity contribution in [3.05, 3.63) is 96.1 Å². The highest BCUT2D eigenvalue weighted by Gasteiger charge is 2.30. The van der Waals surface area contributed by atoms with Crippen LogP contribution >= 0.6 is 0 Å². The fourth-order valence-corrected chi connectivity index (χ4v) is 5.34. The molecule has 192 valence electrons. The Balaban J connectivity index is 1.30. The van der Waals surface area contributed by atoms with Crippen LogP contribution in [0.3, 0.4) is 0 Å². The highest BCUT2D eigenvalue weighted by molar-refractivity contribution is 6.07. The molecule has 0 radical (unpaired) electrons. The summed E-state index contributed by atoms with van der Waals surface area (Å²) in [5.74, 6) is 1.01. The Morgan fingerprint density at radius 2 is 1.81 bits per heavy atom. The second-order valence-electron chi connectivity index (χ2n) is 9.91. The van der Waals surface area contributed by atoms with E-state index >= 15 is 0 Å². The van der Waals surface area contributed by atoms with Crippen LogP contribution < -0.4 is 4.74 Å². The summed E-state index contributed by atoms with van der Waals surface area (Å²) >= 11 is 0. The van der Waals surface area contributed by atoms with Crippen molar-refractivity contribution >= 4 is 16.7 Å². The van der Waals surface area contributed by atoms with Crippen LogP contribution in [0, 0.1) is 0 Å². The van der Waals surface area contributed by atoms with Gasteiger partial charge in [-0.15, -0.1) is 0 Å². The third-order valence-electron chi connectivity index (χ3n) is 7.48. The van der Waals surface area contributed by atoms with Crippen molar-refractivity contribution in [2.24, 2.45) is 0 Å². The quantitative estimate of drug-likeness (QED) is 0.302. The maximum Gasteiger partial charge on any atom is 0.254 e. The molecule has 1 fully saturated rings. The van der Waals surface area contributed by atoms with E-state index in [9.17, 15) is 4.79 Å². The lowest BCUT2D eigenvalue weighted by Crippen LogP contribution is -2.54. The van der Waals surface area contributed by atoms with Crippen LogP contribution in [0.5, 0.6) is 5.75 Å². The summed E-state index contributed by atoms with van der Waals surface area (Å²) < 4.78 is 7.52. The number of benzene rings is 3. The van der Waals surface area contributed by atoms with E-state index in [1.54, 1.807) is 7.11 Å². The van der Waals surface area contributed by atoms with Crippen molar-refractivity contribution < 1.29 is 9.53 Å². The van der Waals surface area contributed by atoms with E-state index in [0.29, 0.717) is 6.04 Å². The van der Waals surface area contributed by atoms with Crippen molar-refractivity contribution in [3.63, 3.8) is 0 Å². The zero-order valence-corrected chi connectivity index (χ0v) is 21.8. The average molecular weight is 497 g/mol. The van der Waals surface area contributed by atoms with Crippen molar-refractivity contribution in [1.29, 1.82) is 0 Å². The predicted octanol–water partition coefficient (Wildman–Crippen LogP) is 5.61. The Morgan fingerprint density at radius 3 is 2.62 bits per heavy atom. The number of aromatic nitrogens is 2. The number of carbonyl (C=O) groups excluding carboxylic acids is 1. The van der Waals surface area contributed by atoms with Crippen molar-refractivity contribution in [1.82, 2.24) is 19.4 Å². The summed E-state index contributed by atoms with van der Waals surface area (Å²) in [6.07, 6.45) is 7.29. The molecule has 4 aromatic rings. The van der Waals surface area contributed by atoms with Crippen LogP contribution in [0.2, 0.25) is 0 Å². The lowest BCUT2D eigenvalue weighted by molar-refractivity contribution is 0.0429. The van der Waals surface area contributed by atoms with E-state index in [4.69, 9.17) is 4.74 Å². The number of hydrogen-bond donors (Lipinski definition) is 0. The minimum absolute atomic E-state index is 0.141. The lowest BCUT2D eigenvalue weighted by Gasteiger charge is -2.41. The summed E-state index contributed by atoms with van der Waals surface area (Å²) in [7, 11) is 1.69. The summed E-state index contributed by atoms with van der Waals surface area (Å²) in [6.45, 7) is 6.19. The van der Waals surface area contributed by atoms with Crippen LogP contribution in [0.25, 0.3) is 10.8 Å². The maximum absolute atomic E-state index is 13.6. The van der Waals surface area contributed by atoms with Gasteiger partial charge in [0, 0.05) is 50.5 Å². The van der Waals surface area contributed by atoms with Crippen molar-refractivity contribution in [2.75, 3.05) is 26.7 Å². The molecule has 1 amide bonds. The van der Waals surface area contributed by atoms with Gasteiger partial charge in [-0.05, 0) is 41.0 Å². The van der Waals surface area contributed by atoms with Gasteiger partial charge in [0.25, 0.3) is 5.91 Å². The van der Waals surface area contributed by atoms with Crippen LogP contribution in [0.1, 0.15) is 47.8 Å². The van der Waals surface area contributed by atoms with E-state index in [0.717, 1.165) is 74.1 Å². The largest absolute Gasteiger partial charge is 0.497 e. The minimum atomic E-state index is 0.141. The van der Waals surface area contributed by atoms with E-state index in [1.807, 2.05) is 48.9 Å². The molecule has 5 rings (SSSR count). The molecule has 1 saturated heterocycles. The number of ether oxygens (including phenoxy) is 1. The van der Waals surface area contributed by atoms with Gasteiger partial charge in [0.05, 0.1) is 19.1 Å². The molecular formula is C31H36N4O2. The Morgan fingerprint density at radius 1 is 1.00 bits per heavy atom. The standard InChI is InChI=1S/C31H36N4O2/c1-3-4-10-26-21-34(31(36)30-12-7-9-25-8-5-6-11-29(25)30)18-17-33(26)22-27-19-32-23-35(27)20-24-13-15-28(37-2)16-14-24/h5-9,11-16,19,23,26H,3-4,10,17-18,20-22H2,1-2H3/t26-/m0/s1. The topological polar surface area (TPSA) is 50.6 Å². The number of methoxy groups -OCH3 is 1. The van der Waals surface area contributed by atoms with Crippen LogP contribution in [0.4, 0.5) is 0 Å². The first-order valence-corrected chi connectivity index (χ1v) is 13.3. The molecular weight excluding hydrogens is 460 g/mol. The van der Waals surface area contributed by atoms with Crippen molar-refractivity contribution in [3.8, 4) is 5.75 Å². The number of fused-ring (bicyclic) bond motifs is 1. The van der Waals surface area contributed by atoms with Gasteiger partial charge in [0.1, 0.15) is 5.75 Å². The van der Waals surface area contributed by atoms with Gasteiger partial charge in [-0.1, -0.05) is 68.3 Å². The normalized spacial score (nSPS) is 16.3. The van der Waals surface area contributed by atoms with Gasteiger partial charge in [-0.25, -0.2) is 4.98 Å². The van der Waals surface area contributed by atoms with Gasteiger partial charge in [-0.3, -0.25) is 9.69 Å². The number of imidazole rings is 1.